The predicted octanol–water partition coefficient (Wildman–Crippen LogP) is 3.28. The Labute approximate surface area is 157 Å². The van der Waals surface area contributed by atoms with Crippen LogP contribution in [0.1, 0.15) is 28.5 Å². The molecule has 1 amide bonds. The van der Waals surface area contributed by atoms with Gasteiger partial charge in [0.05, 0.1) is 32.2 Å². The Morgan fingerprint density at radius 3 is 2.44 bits per heavy atom. The molecule has 1 unspecified atom stereocenters. The van der Waals surface area contributed by atoms with E-state index in [-0.39, 0.29) is 18.0 Å². The van der Waals surface area contributed by atoms with Crippen LogP contribution in [0.25, 0.3) is 10.9 Å². The Kier molecular flexibility index (Phi) is 5.66. The summed E-state index contributed by atoms with van der Waals surface area (Å²) < 4.78 is 9.91. The van der Waals surface area contributed by atoms with Gasteiger partial charge < -0.3 is 14.8 Å². The number of nitrogens with one attached hydrogen (secondary N) is 1. The second-order valence-corrected chi connectivity index (χ2v) is 5.97. The summed E-state index contributed by atoms with van der Waals surface area (Å²) in [5.41, 5.74) is 1.80. The predicted molar refractivity (Wildman–Crippen MR) is 102 cm³/mol. The number of ether oxygens (including phenoxy) is 2. The van der Waals surface area contributed by atoms with Crippen molar-refractivity contribution in [2.24, 2.45) is 0 Å². The first-order valence-corrected chi connectivity index (χ1v) is 8.48. The van der Waals surface area contributed by atoms with Gasteiger partial charge in [-0.2, -0.15) is 0 Å². The number of esters is 1. The fraction of sp³-hybridized carbons (Fsp3) is 0.190. The Morgan fingerprint density at radius 2 is 1.74 bits per heavy atom. The van der Waals surface area contributed by atoms with Crippen molar-refractivity contribution in [1.82, 2.24) is 10.3 Å². The monoisotopic (exact) mass is 364 g/mol. The van der Waals surface area contributed by atoms with Gasteiger partial charge >= 0.3 is 5.97 Å². The average molecular weight is 364 g/mol. The van der Waals surface area contributed by atoms with Crippen LogP contribution < -0.4 is 10.1 Å². The quantitative estimate of drug-likeness (QED) is 0.679. The van der Waals surface area contributed by atoms with Crippen molar-refractivity contribution >= 4 is 22.8 Å². The molecule has 0 bridgehead atoms. The molecule has 1 atom stereocenters. The van der Waals surface area contributed by atoms with Crippen molar-refractivity contribution in [3.63, 3.8) is 0 Å². The number of amides is 1. The molecule has 1 heterocycles. The number of aromatic nitrogens is 1. The Balaban J connectivity index is 1.84. The van der Waals surface area contributed by atoms with E-state index in [0.717, 1.165) is 16.5 Å². The number of carbonyl (C=O) groups is 2. The number of nitrogens with zero attached hydrogens (tertiary/aromatic N) is 1. The minimum atomic E-state index is -0.538. The fourth-order valence-electron chi connectivity index (χ4n) is 2.76. The number of pyridine rings is 1. The fourth-order valence-corrected chi connectivity index (χ4v) is 2.76. The maximum atomic E-state index is 12.7. The summed E-state index contributed by atoms with van der Waals surface area (Å²) in [5.74, 6) is -0.0776. The smallest absolute Gasteiger partial charge is 0.307 e. The summed E-state index contributed by atoms with van der Waals surface area (Å²) >= 11 is 0. The highest BCUT2D eigenvalue weighted by Crippen LogP contribution is 2.21. The lowest BCUT2D eigenvalue weighted by atomic mass is 10.0. The Bertz CT molecular complexity index is 954. The van der Waals surface area contributed by atoms with Gasteiger partial charge in [-0.05, 0) is 29.8 Å². The summed E-state index contributed by atoms with van der Waals surface area (Å²) in [6.45, 7) is 0. The number of hydrogen-bond acceptors (Lipinski definition) is 5. The minimum Gasteiger partial charge on any atom is -0.497 e. The van der Waals surface area contributed by atoms with Gasteiger partial charge in [0, 0.05) is 5.39 Å². The van der Waals surface area contributed by atoms with E-state index < -0.39 is 12.0 Å². The lowest BCUT2D eigenvalue weighted by Crippen LogP contribution is -2.31. The number of hydrogen-bond donors (Lipinski definition) is 1. The molecule has 1 N–H and O–H groups in total. The first kappa shape index (κ1) is 18.4. The van der Waals surface area contributed by atoms with Crippen LogP contribution in [0.2, 0.25) is 0 Å². The molecule has 138 valence electrons. The van der Waals surface area contributed by atoms with E-state index in [2.05, 4.69) is 10.3 Å². The largest absolute Gasteiger partial charge is 0.497 e. The second kappa shape index (κ2) is 8.31. The molecule has 1 aromatic heterocycles. The number of benzene rings is 2. The minimum absolute atomic E-state index is 0.0160. The van der Waals surface area contributed by atoms with E-state index in [1.54, 1.807) is 37.4 Å². The lowest BCUT2D eigenvalue weighted by Gasteiger charge is -2.18. The van der Waals surface area contributed by atoms with Crippen LogP contribution in [0.4, 0.5) is 0 Å². The van der Waals surface area contributed by atoms with Crippen LogP contribution in [-0.2, 0) is 9.53 Å². The van der Waals surface area contributed by atoms with Gasteiger partial charge in [0.2, 0.25) is 0 Å². The molecule has 0 spiro atoms. The molecular formula is C21H20N2O4. The van der Waals surface area contributed by atoms with Crippen LogP contribution in [0.3, 0.4) is 0 Å². The number of methoxy groups -OCH3 is 2. The van der Waals surface area contributed by atoms with Crippen molar-refractivity contribution in [2.45, 2.75) is 12.5 Å². The van der Waals surface area contributed by atoms with Crippen LogP contribution in [0, 0.1) is 0 Å². The van der Waals surface area contributed by atoms with Gasteiger partial charge in [-0.1, -0.05) is 36.4 Å². The molecule has 6 heteroatoms. The van der Waals surface area contributed by atoms with E-state index in [0.29, 0.717) is 5.75 Å². The normalized spacial score (nSPS) is 11.6. The molecule has 0 fully saturated rings. The van der Waals surface area contributed by atoms with Crippen molar-refractivity contribution in [2.75, 3.05) is 14.2 Å². The van der Waals surface area contributed by atoms with Crippen LogP contribution in [0.5, 0.6) is 5.75 Å². The van der Waals surface area contributed by atoms with Gasteiger partial charge in [-0.15, -0.1) is 0 Å². The highest BCUT2D eigenvalue weighted by Gasteiger charge is 2.20. The van der Waals surface area contributed by atoms with Crippen molar-refractivity contribution in [1.29, 1.82) is 0 Å². The van der Waals surface area contributed by atoms with E-state index in [1.807, 2.05) is 30.3 Å². The molecule has 6 nitrogen and oxygen atoms in total. The number of rotatable bonds is 6. The van der Waals surface area contributed by atoms with Crippen molar-refractivity contribution < 1.29 is 19.1 Å². The standard InChI is InChI=1S/C21H20N2O4/c1-26-16-10-7-15(8-11-16)19(13-20(24)27-2)23-21(25)18-12-9-14-5-3-4-6-17(14)22-18/h3-12,19H,13H2,1-2H3,(H,23,25). The maximum Gasteiger partial charge on any atom is 0.307 e. The number of fused-ring (bicyclic) bond motifs is 1. The SMILES string of the molecule is COC(=O)CC(NC(=O)c1ccc2ccccc2n1)c1ccc(OC)cc1. The van der Waals surface area contributed by atoms with Crippen LogP contribution in [-0.4, -0.2) is 31.1 Å². The van der Waals surface area contributed by atoms with E-state index in [9.17, 15) is 9.59 Å². The third-order valence-electron chi connectivity index (χ3n) is 4.25. The van der Waals surface area contributed by atoms with Gasteiger partial charge in [0.25, 0.3) is 5.91 Å². The summed E-state index contributed by atoms with van der Waals surface area (Å²) in [6.07, 6.45) is 0.0160. The first-order chi connectivity index (χ1) is 13.1. The maximum absolute atomic E-state index is 12.7. The molecule has 0 aliphatic heterocycles. The number of carbonyl (C=O) groups excluding carboxylic acids is 2. The van der Waals surface area contributed by atoms with E-state index in [4.69, 9.17) is 9.47 Å². The average Bonchev–Trinajstić information content (AvgIpc) is 2.72. The highest BCUT2D eigenvalue weighted by molar-refractivity contribution is 5.95. The van der Waals surface area contributed by atoms with E-state index >= 15 is 0 Å². The summed E-state index contributed by atoms with van der Waals surface area (Å²) in [4.78, 5) is 28.9. The van der Waals surface area contributed by atoms with E-state index in [1.165, 1.54) is 7.11 Å². The molecule has 27 heavy (non-hydrogen) atoms. The first-order valence-electron chi connectivity index (χ1n) is 8.48. The zero-order chi connectivity index (χ0) is 19.2. The summed E-state index contributed by atoms with van der Waals surface area (Å²) in [6, 6.07) is 17.7. The molecule has 0 aliphatic rings. The molecular weight excluding hydrogens is 344 g/mol. The molecule has 0 aliphatic carbocycles. The lowest BCUT2D eigenvalue weighted by molar-refractivity contribution is -0.141. The second-order valence-electron chi connectivity index (χ2n) is 5.97. The zero-order valence-corrected chi connectivity index (χ0v) is 15.1. The third-order valence-corrected chi connectivity index (χ3v) is 4.25. The van der Waals surface area contributed by atoms with Crippen LogP contribution in [0.15, 0.2) is 60.7 Å². The molecule has 2 aromatic carbocycles. The summed E-state index contributed by atoms with van der Waals surface area (Å²) in [5, 5.41) is 3.83. The van der Waals surface area contributed by atoms with Gasteiger partial charge in [0.15, 0.2) is 0 Å². The molecule has 3 aromatic rings. The number of para-hydroxylation sites is 1. The van der Waals surface area contributed by atoms with Gasteiger partial charge in [-0.3, -0.25) is 9.59 Å². The Morgan fingerprint density at radius 1 is 1.00 bits per heavy atom. The summed E-state index contributed by atoms with van der Waals surface area (Å²) in [7, 11) is 2.90. The topological polar surface area (TPSA) is 77.5 Å². The molecule has 3 rings (SSSR count). The molecule has 0 saturated carbocycles. The Hall–Kier alpha value is -3.41. The van der Waals surface area contributed by atoms with Crippen LogP contribution >= 0.6 is 0 Å². The highest BCUT2D eigenvalue weighted by atomic mass is 16.5. The molecule has 0 radical (unpaired) electrons. The third kappa shape index (κ3) is 4.41. The zero-order valence-electron chi connectivity index (χ0n) is 15.1. The van der Waals surface area contributed by atoms with Crippen molar-refractivity contribution in [3.05, 3.63) is 71.9 Å². The molecule has 0 saturated heterocycles. The van der Waals surface area contributed by atoms with Gasteiger partial charge in [0.1, 0.15) is 11.4 Å². The van der Waals surface area contributed by atoms with Crippen molar-refractivity contribution in [3.8, 4) is 5.75 Å². The van der Waals surface area contributed by atoms with Gasteiger partial charge in [-0.25, -0.2) is 4.98 Å².